The minimum absolute atomic E-state index is 0.0658. The molecule has 6 nitrogen and oxygen atoms in total. The van der Waals surface area contributed by atoms with Crippen molar-refractivity contribution in [2.45, 2.75) is 6.17 Å². The normalized spacial score (nSPS) is 16.6. The number of aromatic hydroxyl groups is 1. The van der Waals surface area contributed by atoms with E-state index in [1.165, 1.54) is 14.2 Å². The number of fused-ring (bicyclic) bond motifs is 1. The first kappa shape index (κ1) is 15.0. The third-order valence-electron chi connectivity index (χ3n) is 4.00. The van der Waals surface area contributed by atoms with Crippen molar-refractivity contribution in [1.82, 2.24) is 5.32 Å². The number of methoxy groups -OCH3 is 2. The lowest BCUT2D eigenvalue weighted by Gasteiger charge is -2.36. The first-order valence-electron chi connectivity index (χ1n) is 7.14. The monoisotopic (exact) mass is 314 g/mol. The van der Waals surface area contributed by atoms with Gasteiger partial charge in [-0.15, -0.1) is 0 Å². The molecule has 23 heavy (non-hydrogen) atoms. The van der Waals surface area contributed by atoms with E-state index in [1.54, 1.807) is 18.2 Å². The summed E-state index contributed by atoms with van der Waals surface area (Å²) in [6.45, 7) is 0. The summed E-state index contributed by atoms with van der Waals surface area (Å²) in [6, 6.07) is 10.8. The number of phenols is 1. The Hall–Kier alpha value is -2.89. The van der Waals surface area contributed by atoms with Crippen molar-refractivity contribution in [2.24, 2.45) is 0 Å². The summed E-state index contributed by atoms with van der Waals surface area (Å²) in [5.41, 5.74) is 2.22. The van der Waals surface area contributed by atoms with Gasteiger partial charge in [-0.3, -0.25) is 4.79 Å². The van der Waals surface area contributed by atoms with Gasteiger partial charge in [-0.25, -0.2) is 0 Å². The van der Waals surface area contributed by atoms with E-state index in [9.17, 15) is 9.90 Å². The fourth-order valence-corrected chi connectivity index (χ4v) is 2.79. The number of nitrogens with one attached hydrogen (secondary N) is 1. The first-order valence-corrected chi connectivity index (χ1v) is 7.14. The van der Waals surface area contributed by atoms with Crippen LogP contribution < -0.4 is 19.7 Å². The van der Waals surface area contributed by atoms with Crippen molar-refractivity contribution >= 4 is 11.6 Å². The molecule has 3 rings (SSSR count). The molecule has 0 saturated heterocycles. The molecule has 2 aromatic carbocycles. The zero-order valence-electron chi connectivity index (χ0n) is 13.2. The van der Waals surface area contributed by atoms with E-state index in [4.69, 9.17) is 9.47 Å². The zero-order chi connectivity index (χ0) is 16.6. The van der Waals surface area contributed by atoms with E-state index >= 15 is 0 Å². The number of hydrogen-bond donors (Lipinski definition) is 2. The molecule has 1 aliphatic heterocycles. The summed E-state index contributed by atoms with van der Waals surface area (Å²) in [7, 11) is 4.84. The Morgan fingerprint density at radius 1 is 1.13 bits per heavy atom. The molecule has 0 bridgehead atoms. The van der Waals surface area contributed by atoms with Crippen LogP contribution in [0, 0.1) is 0 Å². The van der Waals surface area contributed by atoms with E-state index in [0.717, 1.165) is 11.3 Å². The molecule has 1 unspecified atom stereocenters. The summed E-state index contributed by atoms with van der Waals surface area (Å²) in [5, 5.41) is 13.0. The third kappa shape index (κ3) is 2.42. The van der Waals surface area contributed by atoms with Gasteiger partial charge in [-0.2, -0.15) is 0 Å². The fraction of sp³-hybridized carbons (Fsp3) is 0.235. The van der Waals surface area contributed by atoms with E-state index in [0.29, 0.717) is 17.1 Å². The summed E-state index contributed by atoms with van der Waals surface area (Å²) >= 11 is 0. The molecule has 0 aliphatic carbocycles. The van der Waals surface area contributed by atoms with Crippen molar-refractivity contribution in [2.75, 3.05) is 26.2 Å². The van der Waals surface area contributed by atoms with E-state index < -0.39 is 0 Å². The SMILES string of the molecule is COc1cc(C2NC(=O)c3ccccc3N2C)cc(OC)c1O. The average molecular weight is 314 g/mol. The third-order valence-corrected chi connectivity index (χ3v) is 4.00. The Morgan fingerprint density at radius 3 is 2.35 bits per heavy atom. The first-order chi connectivity index (χ1) is 11.1. The highest BCUT2D eigenvalue weighted by molar-refractivity contribution is 6.02. The lowest BCUT2D eigenvalue weighted by molar-refractivity contribution is 0.0928. The molecule has 6 heteroatoms. The molecule has 1 aliphatic rings. The second-order valence-electron chi connectivity index (χ2n) is 5.28. The van der Waals surface area contributed by atoms with Crippen LogP contribution in [0.2, 0.25) is 0 Å². The summed E-state index contributed by atoms with van der Waals surface area (Å²) < 4.78 is 10.4. The predicted molar refractivity (Wildman–Crippen MR) is 86.3 cm³/mol. The Labute approximate surface area is 134 Å². The number of carbonyl (C=O) groups excluding carboxylic acids is 1. The lowest BCUT2D eigenvalue weighted by atomic mass is 10.0. The van der Waals surface area contributed by atoms with E-state index in [-0.39, 0.29) is 17.8 Å². The zero-order valence-corrected chi connectivity index (χ0v) is 13.2. The lowest BCUT2D eigenvalue weighted by Crippen LogP contribution is -2.44. The van der Waals surface area contributed by atoms with Gasteiger partial charge < -0.3 is 24.8 Å². The number of benzene rings is 2. The number of nitrogens with zero attached hydrogens (tertiary/aromatic N) is 1. The molecule has 0 saturated carbocycles. The van der Waals surface area contributed by atoms with Crippen molar-refractivity contribution in [1.29, 1.82) is 0 Å². The Bertz CT molecular complexity index is 735. The number of rotatable bonds is 3. The van der Waals surface area contributed by atoms with Crippen LogP contribution in [0.3, 0.4) is 0 Å². The molecule has 1 atom stereocenters. The minimum atomic E-state index is -0.388. The van der Waals surface area contributed by atoms with Gasteiger partial charge in [0.15, 0.2) is 11.5 Å². The maximum absolute atomic E-state index is 12.3. The van der Waals surface area contributed by atoms with Gasteiger partial charge in [0.25, 0.3) is 5.91 Å². The highest BCUT2D eigenvalue weighted by atomic mass is 16.5. The van der Waals surface area contributed by atoms with Gasteiger partial charge in [0, 0.05) is 12.6 Å². The van der Waals surface area contributed by atoms with Crippen LogP contribution >= 0.6 is 0 Å². The van der Waals surface area contributed by atoms with Crippen LogP contribution in [-0.4, -0.2) is 32.3 Å². The maximum atomic E-state index is 12.3. The highest BCUT2D eigenvalue weighted by Crippen LogP contribution is 2.40. The minimum Gasteiger partial charge on any atom is -0.502 e. The number of para-hydroxylation sites is 1. The predicted octanol–water partition coefficient (Wildman–Crippen LogP) is 2.29. The van der Waals surface area contributed by atoms with Crippen LogP contribution in [-0.2, 0) is 0 Å². The van der Waals surface area contributed by atoms with Gasteiger partial charge in [0.2, 0.25) is 5.75 Å². The van der Waals surface area contributed by atoms with Crippen molar-refractivity contribution in [3.05, 3.63) is 47.5 Å². The average Bonchev–Trinajstić information content (AvgIpc) is 2.58. The number of hydrogen-bond acceptors (Lipinski definition) is 5. The molecular formula is C17H18N2O4. The number of anilines is 1. The van der Waals surface area contributed by atoms with Crippen molar-refractivity contribution in [3.8, 4) is 17.2 Å². The fourth-order valence-electron chi connectivity index (χ4n) is 2.79. The van der Waals surface area contributed by atoms with Gasteiger partial charge in [0.1, 0.15) is 6.17 Å². The standard InChI is InChI=1S/C17H18N2O4/c1-19-12-7-5-4-6-11(12)17(21)18-16(19)10-8-13(22-2)15(20)14(9-10)23-3/h4-9,16,20H,1-3H3,(H,18,21). The maximum Gasteiger partial charge on any atom is 0.255 e. The van der Waals surface area contributed by atoms with Crippen LogP contribution in [0.4, 0.5) is 5.69 Å². The molecule has 1 heterocycles. The second-order valence-corrected chi connectivity index (χ2v) is 5.28. The summed E-state index contributed by atoms with van der Waals surface area (Å²) in [5.74, 6) is 0.375. The molecule has 0 spiro atoms. The molecule has 0 radical (unpaired) electrons. The Kier molecular flexibility index (Phi) is 3.73. The Balaban J connectivity index is 2.08. The van der Waals surface area contributed by atoms with Crippen molar-refractivity contribution < 1.29 is 19.4 Å². The van der Waals surface area contributed by atoms with Gasteiger partial charge in [-0.05, 0) is 24.3 Å². The van der Waals surface area contributed by atoms with Gasteiger partial charge in [-0.1, -0.05) is 12.1 Å². The summed E-state index contributed by atoms with van der Waals surface area (Å²) in [4.78, 5) is 14.3. The quantitative estimate of drug-likeness (QED) is 0.909. The molecule has 1 amide bonds. The van der Waals surface area contributed by atoms with E-state index in [2.05, 4.69) is 5.32 Å². The molecule has 120 valence electrons. The van der Waals surface area contributed by atoms with Crippen LogP contribution in [0.1, 0.15) is 22.1 Å². The molecule has 2 N–H and O–H groups in total. The molecule has 2 aromatic rings. The van der Waals surface area contributed by atoms with Crippen LogP contribution in [0.15, 0.2) is 36.4 Å². The molecular weight excluding hydrogens is 296 g/mol. The number of amides is 1. The molecule has 0 aromatic heterocycles. The number of ether oxygens (including phenoxy) is 2. The largest absolute Gasteiger partial charge is 0.502 e. The highest BCUT2D eigenvalue weighted by Gasteiger charge is 2.30. The van der Waals surface area contributed by atoms with Crippen LogP contribution in [0.25, 0.3) is 0 Å². The van der Waals surface area contributed by atoms with Gasteiger partial charge >= 0.3 is 0 Å². The molecule has 0 fully saturated rings. The summed E-state index contributed by atoms with van der Waals surface area (Å²) in [6.07, 6.45) is -0.388. The van der Waals surface area contributed by atoms with Crippen LogP contribution in [0.5, 0.6) is 17.2 Å². The smallest absolute Gasteiger partial charge is 0.255 e. The second kappa shape index (κ2) is 5.72. The van der Waals surface area contributed by atoms with Crippen molar-refractivity contribution in [3.63, 3.8) is 0 Å². The van der Waals surface area contributed by atoms with Gasteiger partial charge in [0.05, 0.1) is 25.5 Å². The number of carbonyl (C=O) groups is 1. The topological polar surface area (TPSA) is 71.0 Å². The number of phenolic OH excluding ortho intramolecular Hbond substituents is 1. The Morgan fingerprint density at radius 2 is 1.74 bits per heavy atom. The van der Waals surface area contributed by atoms with E-state index in [1.807, 2.05) is 30.1 Å².